The van der Waals surface area contributed by atoms with E-state index in [1.165, 1.54) is 18.2 Å². The predicted molar refractivity (Wildman–Crippen MR) is 130 cm³/mol. The first-order valence-corrected chi connectivity index (χ1v) is 11.7. The minimum atomic E-state index is -1.00. The molecule has 0 amide bonds. The maximum Gasteiger partial charge on any atom is 0.164 e. The Morgan fingerprint density at radius 2 is 1.74 bits per heavy atom. The molecule has 1 N–H and O–H groups in total. The van der Waals surface area contributed by atoms with Gasteiger partial charge >= 0.3 is 0 Å². The summed E-state index contributed by atoms with van der Waals surface area (Å²) in [6.07, 6.45) is 4.39. The van der Waals surface area contributed by atoms with Crippen molar-refractivity contribution in [2.24, 2.45) is 0 Å². The molecule has 3 aromatic rings. The topological polar surface area (TPSA) is 29.5 Å². The van der Waals surface area contributed by atoms with Crippen molar-refractivity contribution in [3.05, 3.63) is 101 Å². The number of hydrogen-bond donors (Lipinski definition) is 1. The third-order valence-corrected chi connectivity index (χ3v) is 5.82. The number of benzene rings is 3. The van der Waals surface area contributed by atoms with Gasteiger partial charge in [-0.25, -0.2) is 13.2 Å². The highest BCUT2D eigenvalue weighted by Crippen LogP contribution is 2.28. The SMILES string of the molecule is C=CCCCOc1ccc(-c2ccc(CCc3ccc(C(O)CCC)c(F)c3F)cc2)c(F)c1. The zero-order valence-electron chi connectivity index (χ0n) is 19.5. The van der Waals surface area contributed by atoms with Gasteiger partial charge in [0.1, 0.15) is 11.6 Å². The first-order valence-electron chi connectivity index (χ1n) is 11.7. The highest BCUT2D eigenvalue weighted by Gasteiger charge is 2.18. The lowest BCUT2D eigenvalue weighted by molar-refractivity contribution is 0.160. The van der Waals surface area contributed by atoms with Gasteiger partial charge in [0.2, 0.25) is 0 Å². The molecule has 3 rings (SSSR count). The van der Waals surface area contributed by atoms with E-state index in [9.17, 15) is 18.3 Å². The van der Waals surface area contributed by atoms with Crippen LogP contribution < -0.4 is 4.74 Å². The molecule has 0 heterocycles. The minimum Gasteiger partial charge on any atom is -0.493 e. The monoisotopic (exact) mass is 468 g/mol. The summed E-state index contributed by atoms with van der Waals surface area (Å²) in [6.45, 7) is 6.05. The van der Waals surface area contributed by atoms with E-state index in [1.807, 2.05) is 37.3 Å². The Balaban J connectivity index is 1.63. The van der Waals surface area contributed by atoms with Crippen molar-refractivity contribution in [2.75, 3.05) is 6.61 Å². The van der Waals surface area contributed by atoms with Gasteiger partial charge in [-0.2, -0.15) is 0 Å². The fraction of sp³-hybridized carbons (Fsp3) is 0.310. The van der Waals surface area contributed by atoms with Crippen LogP contribution in [0.25, 0.3) is 11.1 Å². The molecular formula is C29H31F3O2. The molecule has 0 aliphatic carbocycles. The molecular weight excluding hydrogens is 437 g/mol. The van der Waals surface area contributed by atoms with Crippen LogP contribution in [0.5, 0.6) is 5.75 Å². The molecule has 2 nitrogen and oxygen atoms in total. The van der Waals surface area contributed by atoms with Crippen LogP contribution in [-0.4, -0.2) is 11.7 Å². The number of ether oxygens (including phenoxy) is 1. The molecule has 3 aromatic carbocycles. The molecule has 0 radical (unpaired) electrons. The Labute approximate surface area is 199 Å². The smallest absolute Gasteiger partial charge is 0.164 e. The highest BCUT2D eigenvalue weighted by molar-refractivity contribution is 5.65. The molecule has 34 heavy (non-hydrogen) atoms. The maximum absolute atomic E-state index is 14.6. The van der Waals surface area contributed by atoms with Gasteiger partial charge in [0.15, 0.2) is 11.6 Å². The van der Waals surface area contributed by atoms with Crippen LogP contribution in [0.3, 0.4) is 0 Å². The van der Waals surface area contributed by atoms with Gasteiger partial charge in [-0.1, -0.05) is 55.8 Å². The van der Waals surface area contributed by atoms with Crippen molar-refractivity contribution < 1.29 is 23.0 Å². The minimum absolute atomic E-state index is 0.00246. The molecule has 1 atom stereocenters. The summed E-state index contributed by atoms with van der Waals surface area (Å²) >= 11 is 0. The zero-order chi connectivity index (χ0) is 24.5. The van der Waals surface area contributed by atoms with E-state index >= 15 is 0 Å². The molecule has 180 valence electrons. The summed E-state index contributed by atoms with van der Waals surface area (Å²) in [5.41, 5.74) is 2.40. The molecule has 1 unspecified atom stereocenters. The van der Waals surface area contributed by atoms with E-state index in [1.54, 1.807) is 12.1 Å². The Hall–Kier alpha value is -3.05. The summed E-state index contributed by atoms with van der Waals surface area (Å²) < 4.78 is 49.1. The quantitative estimate of drug-likeness (QED) is 0.218. The van der Waals surface area contributed by atoms with Gasteiger partial charge in [0.25, 0.3) is 0 Å². The van der Waals surface area contributed by atoms with Crippen LogP contribution in [0.2, 0.25) is 0 Å². The molecule has 0 spiro atoms. The average Bonchev–Trinajstić information content (AvgIpc) is 2.83. The zero-order valence-corrected chi connectivity index (χ0v) is 19.5. The number of rotatable bonds is 12. The molecule has 5 heteroatoms. The van der Waals surface area contributed by atoms with Crippen molar-refractivity contribution in [3.63, 3.8) is 0 Å². The Kier molecular flexibility index (Phi) is 9.34. The third kappa shape index (κ3) is 6.51. The largest absolute Gasteiger partial charge is 0.493 e. The van der Waals surface area contributed by atoms with Gasteiger partial charge in [0, 0.05) is 17.2 Å². The molecule has 0 saturated heterocycles. The van der Waals surface area contributed by atoms with Crippen molar-refractivity contribution >= 4 is 0 Å². The Bertz CT molecular complexity index is 1090. The van der Waals surface area contributed by atoms with E-state index in [0.717, 1.165) is 24.0 Å². The number of allylic oxidation sites excluding steroid dienone is 1. The number of aliphatic hydroxyl groups is 1. The van der Waals surface area contributed by atoms with E-state index in [0.29, 0.717) is 43.6 Å². The maximum atomic E-state index is 14.6. The van der Waals surface area contributed by atoms with Crippen molar-refractivity contribution in [1.82, 2.24) is 0 Å². The number of aliphatic hydroxyl groups excluding tert-OH is 1. The second-order valence-corrected chi connectivity index (χ2v) is 8.36. The lowest BCUT2D eigenvalue weighted by Crippen LogP contribution is -2.06. The fourth-order valence-electron chi connectivity index (χ4n) is 3.85. The van der Waals surface area contributed by atoms with E-state index < -0.39 is 17.7 Å². The van der Waals surface area contributed by atoms with Gasteiger partial charge in [0.05, 0.1) is 12.7 Å². The number of aryl methyl sites for hydroxylation is 2. The van der Waals surface area contributed by atoms with Crippen LogP contribution >= 0.6 is 0 Å². The highest BCUT2D eigenvalue weighted by atomic mass is 19.2. The lowest BCUT2D eigenvalue weighted by Gasteiger charge is -2.13. The van der Waals surface area contributed by atoms with Crippen molar-refractivity contribution in [2.45, 2.75) is 51.6 Å². The van der Waals surface area contributed by atoms with Crippen LogP contribution in [0.15, 0.2) is 67.3 Å². The average molecular weight is 469 g/mol. The summed E-state index contributed by atoms with van der Waals surface area (Å²) in [6, 6.07) is 15.2. The summed E-state index contributed by atoms with van der Waals surface area (Å²) in [5, 5.41) is 9.99. The number of unbranched alkanes of at least 4 members (excludes halogenated alkanes) is 1. The molecule has 0 aromatic heterocycles. The van der Waals surface area contributed by atoms with E-state index in [2.05, 4.69) is 6.58 Å². The third-order valence-electron chi connectivity index (χ3n) is 5.82. The standard InChI is InChI=1S/C29H31F3O2/c1-3-5-6-18-34-23-15-17-24(26(30)19-23)21-11-8-20(9-12-21)10-13-22-14-16-25(27(33)7-4-2)29(32)28(22)31/h3,8-9,11-12,14-17,19,27,33H,1,4-7,10,13,18H2,2H3. The van der Waals surface area contributed by atoms with E-state index in [-0.39, 0.29) is 16.9 Å². The molecule has 0 bridgehead atoms. The summed E-state index contributed by atoms with van der Waals surface area (Å²) in [5.74, 6) is -1.75. The number of halogens is 3. The normalized spacial score (nSPS) is 11.9. The predicted octanol–water partition coefficient (Wildman–Crippen LogP) is 7.73. The molecule has 0 fully saturated rings. The second kappa shape index (κ2) is 12.4. The van der Waals surface area contributed by atoms with Crippen LogP contribution in [0.4, 0.5) is 13.2 Å². The van der Waals surface area contributed by atoms with Gasteiger partial charge in [-0.05, 0) is 60.9 Å². The van der Waals surface area contributed by atoms with Crippen LogP contribution in [-0.2, 0) is 12.8 Å². The summed E-state index contributed by atoms with van der Waals surface area (Å²) in [7, 11) is 0. The van der Waals surface area contributed by atoms with Crippen molar-refractivity contribution in [3.8, 4) is 16.9 Å². The Morgan fingerprint density at radius 3 is 2.41 bits per heavy atom. The van der Waals surface area contributed by atoms with Crippen LogP contribution in [0.1, 0.15) is 55.4 Å². The van der Waals surface area contributed by atoms with Gasteiger partial charge < -0.3 is 9.84 Å². The van der Waals surface area contributed by atoms with Gasteiger partial charge in [-0.15, -0.1) is 6.58 Å². The summed E-state index contributed by atoms with van der Waals surface area (Å²) in [4.78, 5) is 0. The van der Waals surface area contributed by atoms with Crippen molar-refractivity contribution in [1.29, 1.82) is 0 Å². The van der Waals surface area contributed by atoms with E-state index in [4.69, 9.17) is 4.74 Å². The molecule has 0 aliphatic rings. The first kappa shape index (κ1) is 25.6. The van der Waals surface area contributed by atoms with Gasteiger partial charge in [-0.3, -0.25) is 0 Å². The lowest BCUT2D eigenvalue weighted by atomic mass is 9.97. The fourth-order valence-corrected chi connectivity index (χ4v) is 3.85. The first-order chi connectivity index (χ1) is 16.4. The Morgan fingerprint density at radius 1 is 0.971 bits per heavy atom. The molecule has 0 saturated carbocycles. The second-order valence-electron chi connectivity index (χ2n) is 8.36. The van der Waals surface area contributed by atoms with Crippen LogP contribution in [0, 0.1) is 17.5 Å². The molecule has 0 aliphatic heterocycles. The number of hydrogen-bond acceptors (Lipinski definition) is 2.